The molecule has 0 atom stereocenters. The maximum absolute atomic E-state index is 5.77. The zero-order valence-corrected chi connectivity index (χ0v) is 12.4. The van der Waals surface area contributed by atoms with Gasteiger partial charge >= 0.3 is 0 Å². The molecule has 106 valence electrons. The van der Waals surface area contributed by atoms with Crippen LogP contribution in [0.1, 0.15) is 16.7 Å². The maximum Gasteiger partial charge on any atom is 0.123 e. The monoisotopic (exact) mass is 270 g/mol. The van der Waals surface area contributed by atoms with Crippen LogP contribution in [0.3, 0.4) is 0 Å². The van der Waals surface area contributed by atoms with E-state index in [0.717, 1.165) is 17.9 Å². The minimum atomic E-state index is 0.491. The van der Waals surface area contributed by atoms with Gasteiger partial charge in [0.25, 0.3) is 0 Å². The Morgan fingerprint density at radius 2 is 1.90 bits per heavy atom. The van der Waals surface area contributed by atoms with E-state index in [9.17, 15) is 0 Å². The summed E-state index contributed by atoms with van der Waals surface area (Å²) in [6, 6.07) is 14.6. The van der Waals surface area contributed by atoms with Crippen molar-refractivity contribution in [2.75, 3.05) is 19.1 Å². The minimum absolute atomic E-state index is 0.491. The van der Waals surface area contributed by atoms with Crippen LogP contribution >= 0.6 is 0 Å². The summed E-state index contributed by atoms with van der Waals surface area (Å²) in [7, 11) is 3.78. The van der Waals surface area contributed by atoms with Gasteiger partial charge in [-0.15, -0.1) is 0 Å². The third kappa shape index (κ3) is 3.11. The summed E-state index contributed by atoms with van der Waals surface area (Å²) in [6.45, 7) is 3.47. The van der Waals surface area contributed by atoms with Gasteiger partial charge in [0.2, 0.25) is 0 Å². The van der Waals surface area contributed by atoms with Gasteiger partial charge in [-0.1, -0.05) is 24.3 Å². The summed E-state index contributed by atoms with van der Waals surface area (Å²) < 4.78 is 5.31. The lowest BCUT2D eigenvalue weighted by Crippen LogP contribution is -2.17. The molecule has 0 radical (unpaired) electrons. The van der Waals surface area contributed by atoms with Crippen LogP contribution in [-0.2, 0) is 13.1 Å². The fourth-order valence-corrected chi connectivity index (χ4v) is 2.44. The Labute approximate surface area is 121 Å². The number of nitrogens with zero attached hydrogens (tertiary/aromatic N) is 1. The van der Waals surface area contributed by atoms with E-state index in [1.807, 2.05) is 6.07 Å². The third-order valence-corrected chi connectivity index (χ3v) is 3.51. The van der Waals surface area contributed by atoms with E-state index in [1.54, 1.807) is 7.11 Å². The predicted molar refractivity (Wildman–Crippen MR) is 84.2 cm³/mol. The Morgan fingerprint density at radius 1 is 1.15 bits per heavy atom. The van der Waals surface area contributed by atoms with Crippen LogP contribution in [0.25, 0.3) is 0 Å². The van der Waals surface area contributed by atoms with Gasteiger partial charge in [-0.05, 0) is 36.2 Å². The van der Waals surface area contributed by atoms with Crippen molar-refractivity contribution < 1.29 is 4.74 Å². The molecule has 0 aromatic heterocycles. The summed E-state index contributed by atoms with van der Waals surface area (Å²) in [6.07, 6.45) is 0. The van der Waals surface area contributed by atoms with Crippen LogP contribution in [0.2, 0.25) is 0 Å². The Hall–Kier alpha value is -2.00. The lowest BCUT2D eigenvalue weighted by Gasteiger charge is -2.22. The molecule has 0 aliphatic rings. The molecule has 2 aromatic carbocycles. The highest BCUT2D eigenvalue weighted by molar-refractivity contribution is 5.53. The second kappa shape index (κ2) is 6.44. The molecule has 2 N–H and O–H groups in total. The Kier molecular flexibility index (Phi) is 4.64. The molecule has 0 spiro atoms. The fourth-order valence-electron chi connectivity index (χ4n) is 2.44. The van der Waals surface area contributed by atoms with Gasteiger partial charge in [0, 0.05) is 31.4 Å². The fraction of sp³-hybridized carbons (Fsp3) is 0.294. The van der Waals surface area contributed by atoms with Crippen molar-refractivity contribution in [1.29, 1.82) is 0 Å². The molecule has 0 fully saturated rings. The predicted octanol–water partition coefficient (Wildman–Crippen LogP) is 3.10. The lowest BCUT2D eigenvalue weighted by atomic mass is 10.1. The molecule has 2 rings (SSSR count). The quantitative estimate of drug-likeness (QED) is 0.907. The average Bonchev–Trinajstić information content (AvgIpc) is 2.47. The number of rotatable bonds is 5. The number of hydrogen-bond donors (Lipinski definition) is 1. The van der Waals surface area contributed by atoms with Crippen molar-refractivity contribution >= 4 is 5.69 Å². The highest BCUT2D eigenvalue weighted by atomic mass is 16.5. The van der Waals surface area contributed by atoms with Gasteiger partial charge in [0.15, 0.2) is 0 Å². The molecule has 0 amide bonds. The normalized spacial score (nSPS) is 10.4. The van der Waals surface area contributed by atoms with Crippen molar-refractivity contribution in [2.24, 2.45) is 5.73 Å². The lowest BCUT2D eigenvalue weighted by molar-refractivity contribution is 0.409. The first-order valence-electron chi connectivity index (χ1n) is 6.78. The minimum Gasteiger partial charge on any atom is -0.496 e. The van der Waals surface area contributed by atoms with Gasteiger partial charge in [-0.3, -0.25) is 0 Å². The Balaban J connectivity index is 2.20. The van der Waals surface area contributed by atoms with Crippen molar-refractivity contribution in [3.8, 4) is 5.75 Å². The highest BCUT2D eigenvalue weighted by Crippen LogP contribution is 2.23. The molecule has 2 aromatic rings. The smallest absolute Gasteiger partial charge is 0.123 e. The summed E-state index contributed by atoms with van der Waals surface area (Å²) in [4.78, 5) is 2.25. The van der Waals surface area contributed by atoms with Crippen LogP contribution in [-0.4, -0.2) is 14.2 Å². The highest BCUT2D eigenvalue weighted by Gasteiger charge is 2.07. The molecule has 3 heteroatoms. The van der Waals surface area contributed by atoms with E-state index in [0.29, 0.717) is 6.54 Å². The zero-order valence-electron chi connectivity index (χ0n) is 12.4. The average molecular weight is 270 g/mol. The van der Waals surface area contributed by atoms with Gasteiger partial charge in [0.1, 0.15) is 5.75 Å². The number of para-hydroxylation sites is 1. The van der Waals surface area contributed by atoms with Crippen molar-refractivity contribution in [3.63, 3.8) is 0 Å². The molecule has 20 heavy (non-hydrogen) atoms. The van der Waals surface area contributed by atoms with E-state index < -0.39 is 0 Å². The molecule has 0 aliphatic carbocycles. The molecule has 0 heterocycles. The van der Waals surface area contributed by atoms with E-state index >= 15 is 0 Å². The maximum atomic E-state index is 5.77. The number of ether oxygens (including phenoxy) is 1. The topological polar surface area (TPSA) is 38.5 Å². The number of nitrogens with two attached hydrogens (primary N) is 1. The first-order chi connectivity index (χ1) is 9.65. The van der Waals surface area contributed by atoms with Crippen LogP contribution in [0, 0.1) is 6.92 Å². The number of anilines is 1. The standard InChI is InChI=1S/C17H22N2O/c1-13-6-4-5-7-16(13)19(2)12-14-8-9-17(20-3)15(10-14)11-18/h4-10H,11-12,18H2,1-3H3. The van der Waals surface area contributed by atoms with Gasteiger partial charge in [0.05, 0.1) is 7.11 Å². The van der Waals surface area contributed by atoms with Gasteiger partial charge in [-0.25, -0.2) is 0 Å². The molecule has 3 nitrogen and oxygen atoms in total. The van der Waals surface area contributed by atoms with Crippen molar-refractivity contribution in [3.05, 3.63) is 59.2 Å². The van der Waals surface area contributed by atoms with Gasteiger partial charge in [-0.2, -0.15) is 0 Å². The van der Waals surface area contributed by atoms with E-state index in [1.165, 1.54) is 16.8 Å². The molecule has 0 saturated carbocycles. The van der Waals surface area contributed by atoms with Crippen LogP contribution in [0.4, 0.5) is 5.69 Å². The van der Waals surface area contributed by atoms with E-state index in [2.05, 4.69) is 55.3 Å². The Morgan fingerprint density at radius 3 is 2.55 bits per heavy atom. The summed E-state index contributed by atoms with van der Waals surface area (Å²) in [5.74, 6) is 0.856. The van der Waals surface area contributed by atoms with Gasteiger partial charge < -0.3 is 15.4 Å². The van der Waals surface area contributed by atoms with Crippen LogP contribution in [0.5, 0.6) is 5.75 Å². The summed E-state index contributed by atoms with van der Waals surface area (Å²) in [5.41, 5.74) is 10.6. The van der Waals surface area contributed by atoms with Crippen molar-refractivity contribution in [2.45, 2.75) is 20.0 Å². The SMILES string of the molecule is COc1ccc(CN(C)c2ccccc2C)cc1CN. The zero-order chi connectivity index (χ0) is 14.5. The number of benzene rings is 2. The van der Waals surface area contributed by atoms with Crippen LogP contribution in [0.15, 0.2) is 42.5 Å². The number of methoxy groups -OCH3 is 1. The van der Waals surface area contributed by atoms with E-state index in [4.69, 9.17) is 10.5 Å². The molecule has 0 aliphatic heterocycles. The number of hydrogen-bond acceptors (Lipinski definition) is 3. The Bertz CT molecular complexity index is 581. The first-order valence-corrected chi connectivity index (χ1v) is 6.78. The molecular weight excluding hydrogens is 248 g/mol. The van der Waals surface area contributed by atoms with E-state index in [-0.39, 0.29) is 0 Å². The van der Waals surface area contributed by atoms with Crippen molar-refractivity contribution in [1.82, 2.24) is 0 Å². The third-order valence-electron chi connectivity index (χ3n) is 3.51. The van der Waals surface area contributed by atoms with Crippen LogP contribution < -0.4 is 15.4 Å². The molecule has 0 unspecified atom stereocenters. The summed E-state index contributed by atoms with van der Waals surface area (Å²) >= 11 is 0. The second-order valence-electron chi connectivity index (χ2n) is 4.99. The number of aryl methyl sites for hydroxylation is 1. The first kappa shape index (κ1) is 14.4. The largest absolute Gasteiger partial charge is 0.496 e. The summed E-state index contributed by atoms with van der Waals surface area (Å²) in [5, 5.41) is 0. The molecular formula is C17H22N2O. The molecule has 0 bridgehead atoms. The molecule has 0 saturated heterocycles. The second-order valence-corrected chi connectivity index (χ2v) is 4.99.